The molecule has 0 radical (unpaired) electrons. The third-order valence-electron chi connectivity index (χ3n) is 4.85. The second kappa shape index (κ2) is 9.46. The number of likely N-dealkylation sites (N-methyl/N-ethyl adjacent to an activating group) is 1. The van der Waals surface area contributed by atoms with Crippen molar-refractivity contribution in [3.63, 3.8) is 0 Å². The quantitative estimate of drug-likeness (QED) is 0.664. The molecule has 0 aliphatic carbocycles. The number of hydrogen-bond acceptors (Lipinski definition) is 5. The Labute approximate surface area is 155 Å². The molecule has 6 heteroatoms. The van der Waals surface area contributed by atoms with E-state index in [1.165, 1.54) is 11.3 Å². The third kappa shape index (κ3) is 5.90. The van der Waals surface area contributed by atoms with E-state index in [1.807, 2.05) is 22.4 Å². The van der Waals surface area contributed by atoms with Gasteiger partial charge in [0, 0.05) is 51.1 Å². The Morgan fingerprint density at radius 2 is 1.88 bits per heavy atom. The summed E-state index contributed by atoms with van der Waals surface area (Å²) in [6.07, 6.45) is 1.56. The summed E-state index contributed by atoms with van der Waals surface area (Å²) in [5, 5.41) is 1.91. The lowest BCUT2D eigenvalue weighted by Crippen LogP contribution is -2.59. The molecule has 1 amide bonds. The molecule has 1 aliphatic rings. The average Bonchev–Trinajstić information content (AvgIpc) is 3.07. The largest absolute Gasteiger partial charge is 0.340 e. The van der Waals surface area contributed by atoms with Crippen LogP contribution in [0.5, 0.6) is 0 Å². The van der Waals surface area contributed by atoms with Crippen LogP contribution in [0.15, 0.2) is 17.5 Å². The molecule has 2 heterocycles. The highest BCUT2D eigenvalue weighted by Gasteiger charge is 2.31. The van der Waals surface area contributed by atoms with Crippen LogP contribution in [0.3, 0.4) is 0 Å². The lowest BCUT2D eigenvalue weighted by molar-refractivity contribution is -0.135. The number of ketones is 1. The number of carbonyl (C=O) groups is 2. The second-order valence-electron chi connectivity index (χ2n) is 7.29. The Hall–Kier alpha value is -1.24. The standard InChI is InChI=1S/C19H31N3O2S/c1-15-13-21(14-16(2)22(15)11-10-20(3)4)19(24)9-5-7-17(23)18-8-6-12-25-18/h6,8,12,15-16H,5,7,9-11,13-14H2,1-4H3. The first kappa shape index (κ1) is 20.1. The summed E-state index contributed by atoms with van der Waals surface area (Å²) in [6, 6.07) is 4.49. The van der Waals surface area contributed by atoms with E-state index in [0.717, 1.165) is 31.1 Å². The summed E-state index contributed by atoms with van der Waals surface area (Å²) < 4.78 is 0. The summed E-state index contributed by atoms with van der Waals surface area (Å²) in [5.41, 5.74) is 0. The van der Waals surface area contributed by atoms with Crippen molar-refractivity contribution >= 4 is 23.0 Å². The summed E-state index contributed by atoms with van der Waals surface area (Å²) >= 11 is 1.47. The molecule has 1 aliphatic heterocycles. The van der Waals surface area contributed by atoms with Gasteiger partial charge in [-0.25, -0.2) is 0 Å². The Bertz CT molecular complexity index is 547. The predicted molar refractivity (Wildman–Crippen MR) is 103 cm³/mol. The van der Waals surface area contributed by atoms with Gasteiger partial charge >= 0.3 is 0 Å². The fourth-order valence-corrected chi connectivity index (χ4v) is 4.13. The highest BCUT2D eigenvalue weighted by Crippen LogP contribution is 2.18. The minimum atomic E-state index is 0.151. The first-order valence-corrected chi connectivity index (χ1v) is 10.0. The van der Waals surface area contributed by atoms with E-state index in [1.54, 1.807) is 0 Å². The van der Waals surface area contributed by atoms with Crippen LogP contribution in [-0.4, -0.2) is 78.7 Å². The van der Waals surface area contributed by atoms with Crippen LogP contribution >= 0.6 is 11.3 Å². The molecule has 0 aromatic carbocycles. The van der Waals surface area contributed by atoms with Crippen LogP contribution in [0.2, 0.25) is 0 Å². The fraction of sp³-hybridized carbons (Fsp3) is 0.684. The molecule has 140 valence electrons. The van der Waals surface area contributed by atoms with Crippen molar-refractivity contribution in [2.45, 2.75) is 45.2 Å². The molecule has 0 bridgehead atoms. The topological polar surface area (TPSA) is 43.9 Å². The third-order valence-corrected chi connectivity index (χ3v) is 5.76. The predicted octanol–water partition coefficient (Wildman–Crippen LogP) is 2.58. The maximum atomic E-state index is 12.5. The molecule has 0 saturated carbocycles. The van der Waals surface area contributed by atoms with Crippen molar-refractivity contribution in [3.8, 4) is 0 Å². The summed E-state index contributed by atoms with van der Waals surface area (Å²) in [7, 11) is 4.18. The summed E-state index contributed by atoms with van der Waals surface area (Å²) in [4.78, 5) is 32.0. The first-order chi connectivity index (χ1) is 11.9. The first-order valence-electron chi connectivity index (χ1n) is 9.13. The van der Waals surface area contributed by atoms with Gasteiger partial charge in [-0.05, 0) is 45.8 Å². The van der Waals surface area contributed by atoms with E-state index >= 15 is 0 Å². The Morgan fingerprint density at radius 1 is 1.20 bits per heavy atom. The molecular weight excluding hydrogens is 334 g/mol. The van der Waals surface area contributed by atoms with Gasteiger partial charge in [0.05, 0.1) is 4.88 Å². The molecule has 1 fully saturated rings. The lowest BCUT2D eigenvalue weighted by Gasteiger charge is -2.45. The molecule has 25 heavy (non-hydrogen) atoms. The minimum absolute atomic E-state index is 0.151. The van der Waals surface area contributed by atoms with Crippen LogP contribution in [0.4, 0.5) is 0 Å². The van der Waals surface area contributed by atoms with Gasteiger partial charge in [0.2, 0.25) is 5.91 Å². The van der Waals surface area contributed by atoms with Crippen LogP contribution in [-0.2, 0) is 4.79 Å². The van der Waals surface area contributed by atoms with Crippen LogP contribution in [0.1, 0.15) is 42.8 Å². The Kier molecular flexibility index (Phi) is 7.59. The monoisotopic (exact) mass is 365 g/mol. The molecule has 5 nitrogen and oxygen atoms in total. The molecular formula is C19H31N3O2S. The molecule has 2 atom stereocenters. The van der Waals surface area contributed by atoms with Gasteiger partial charge in [0.1, 0.15) is 0 Å². The van der Waals surface area contributed by atoms with Gasteiger partial charge < -0.3 is 9.80 Å². The van der Waals surface area contributed by atoms with Crippen molar-refractivity contribution in [1.82, 2.24) is 14.7 Å². The SMILES string of the molecule is CC1CN(C(=O)CCCC(=O)c2cccs2)CC(C)N1CCN(C)C. The summed E-state index contributed by atoms with van der Waals surface area (Å²) in [5.74, 6) is 0.336. The van der Waals surface area contributed by atoms with E-state index in [4.69, 9.17) is 0 Å². The van der Waals surface area contributed by atoms with Crippen LogP contribution < -0.4 is 0 Å². The molecule has 1 aromatic heterocycles. The van der Waals surface area contributed by atoms with Crippen molar-refractivity contribution in [2.75, 3.05) is 40.3 Å². The lowest BCUT2D eigenvalue weighted by atomic mass is 10.1. The number of amides is 1. The van der Waals surface area contributed by atoms with Crippen molar-refractivity contribution < 1.29 is 9.59 Å². The van der Waals surface area contributed by atoms with E-state index in [0.29, 0.717) is 31.3 Å². The highest BCUT2D eigenvalue weighted by molar-refractivity contribution is 7.12. The number of nitrogens with zero attached hydrogens (tertiary/aromatic N) is 3. The van der Waals surface area contributed by atoms with Gasteiger partial charge in [-0.3, -0.25) is 14.5 Å². The normalized spacial score (nSPS) is 21.7. The molecule has 1 aromatic rings. The highest BCUT2D eigenvalue weighted by atomic mass is 32.1. The van der Waals surface area contributed by atoms with E-state index in [-0.39, 0.29) is 11.7 Å². The maximum Gasteiger partial charge on any atom is 0.222 e. The number of thiophene rings is 1. The van der Waals surface area contributed by atoms with Gasteiger partial charge in [-0.1, -0.05) is 6.07 Å². The number of hydrogen-bond donors (Lipinski definition) is 0. The number of piperazine rings is 1. The molecule has 0 spiro atoms. The average molecular weight is 366 g/mol. The van der Waals surface area contributed by atoms with E-state index in [9.17, 15) is 9.59 Å². The van der Waals surface area contributed by atoms with Crippen LogP contribution in [0.25, 0.3) is 0 Å². The number of rotatable bonds is 8. The van der Waals surface area contributed by atoms with Gasteiger partial charge in [0.25, 0.3) is 0 Å². The fourth-order valence-electron chi connectivity index (χ4n) is 3.44. The van der Waals surface area contributed by atoms with Crippen molar-refractivity contribution in [3.05, 3.63) is 22.4 Å². The molecule has 2 rings (SSSR count). The van der Waals surface area contributed by atoms with Crippen molar-refractivity contribution in [1.29, 1.82) is 0 Å². The van der Waals surface area contributed by atoms with Gasteiger partial charge in [-0.15, -0.1) is 11.3 Å². The van der Waals surface area contributed by atoms with Crippen LogP contribution in [0, 0.1) is 0 Å². The van der Waals surface area contributed by atoms with E-state index < -0.39 is 0 Å². The van der Waals surface area contributed by atoms with Gasteiger partial charge in [0.15, 0.2) is 5.78 Å². The summed E-state index contributed by atoms with van der Waals surface area (Å²) in [6.45, 7) is 8.04. The maximum absolute atomic E-state index is 12.5. The zero-order valence-electron chi connectivity index (χ0n) is 15.9. The molecule has 0 N–H and O–H groups in total. The second-order valence-corrected chi connectivity index (χ2v) is 8.24. The zero-order chi connectivity index (χ0) is 18.4. The Morgan fingerprint density at radius 3 is 2.44 bits per heavy atom. The minimum Gasteiger partial charge on any atom is -0.340 e. The smallest absolute Gasteiger partial charge is 0.222 e. The number of carbonyl (C=O) groups excluding carboxylic acids is 2. The van der Waals surface area contributed by atoms with E-state index in [2.05, 4.69) is 37.7 Å². The molecule has 1 saturated heterocycles. The Balaban J connectivity index is 1.76. The molecule has 2 unspecified atom stereocenters. The number of Topliss-reactive ketones (excluding diaryl/α,β-unsaturated/α-hetero) is 1. The zero-order valence-corrected chi connectivity index (χ0v) is 16.7. The van der Waals surface area contributed by atoms with Gasteiger partial charge in [-0.2, -0.15) is 0 Å². The van der Waals surface area contributed by atoms with Crippen molar-refractivity contribution in [2.24, 2.45) is 0 Å².